The van der Waals surface area contributed by atoms with E-state index in [0.29, 0.717) is 46.0 Å². The lowest BCUT2D eigenvalue weighted by molar-refractivity contribution is 0.0988. The molecule has 3 aromatic heterocycles. The van der Waals surface area contributed by atoms with Gasteiger partial charge in [-0.05, 0) is 43.7 Å². The van der Waals surface area contributed by atoms with Gasteiger partial charge in [0.15, 0.2) is 11.6 Å². The van der Waals surface area contributed by atoms with Crippen molar-refractivity contribution in [1.29, 1.82) is 0 Å². The molecule has 0 bridgehead atoms. The zero-order valence-corrected chi connectivity index (χ0v) is 19.2. The van der Waals surface area contributed by atoms with E-state index in [0.717, 1.165) is 18.5 Å². The number of pyridine rings is 1. The van der Waals surface area contributed by atoms with Crippen molar-refractivity contribution in [2.24, 2.45) is 0 Å². The Bertz CT molecular complexity index is 1610. The van der Waals surface area contributed by atoms with Crippen molar-refractivity contribution in [1.82, 2.24) is 20.1 Å². The lowest BCUT2D eigenvalue weighted by Gasteiger charge is -2.23. The number of aryl methyl sites for hydroxylation is 1. The van der Waals surface area contributed by atoms with Crippen molar-refractivity contribution in [3.05, 3.63) is 71.7 Å². The lowest BCUT2D eigenvalue weighted by Crippen LogP contribution is -2.32. The first-order chi connectivity index (χ1) is 17.0. The summed E-state index contributed by atoms with van der Waals surface area (Å²) in [4.78, 5) is 31.9. The molecule has 0 unspecified atom stereocenters. The number of anilines is 2. The number of benzene rings is 2. The Kier molecular flexibility index (Phi) is 4.91. The van der Waals surface area contributed by atoms with Gasteiger partial charge in [-0.25, -0.2) is 19.3 Å². The van der Waals surface area contributed by atoms with Crippen LogP contribution in [-0.4, -0.2) is 46.2 Å². The molecule has 8 nitrogen and oxygen atoms in total. The molecule has 0 atom stereocenters. The highest BCUT2D eigenvalue weighted by Crippen LogP contribution is 2.34. The van der Waals surface area contributed by atoms with Crippen LogP contribution in [0.15, 0.2) is 59.1 Å². The maximum absolute atomic E-state index is 14.6. The number of rotatable bonds is 2. The molecule has 1 amide bonds. The highest BCUT2D eigenvalue weighted by Gasteiger charge is 2.30. The summed E-state index contributed by atoms with van der Waals surface area (Å²) >= 11 is 0. The Morgan fingerprint density at radius 2 is 1.69 bits per heavy atom. The Morgan fingerprint density at radius 1 is 0.971 bits per heavy atom. The van der Waals surface area contributed by atoms with Crippen molar-refractivity contribution in [3.8, 4) is 11.3 Å². The molecule has 35 heavy (non-hydrogen) atoms. The molecule has 2 aromatic carbocycles. The van der Waals surface area contributed by atoms with Crippen molar-refractivity contribution in [3.63, 3.8) is 0 Å². The third-order valence-corrected chi connectivity index (χ3v) is 6.27. The minimum Gasteiger partial charge on any atom is -0.357 e. The Morgan fingerprint density at radius 3 is 2.46 bits per heavy atom. The second kappa shape index (κ2) is 8.12. The summed E-state index contributed by atoms with van der Waals surface area (Å²) in [5.41, 5.74) is 3.09. The van der Waals surface area contributed by atoms with Gasteiger partial charge in [-0.15, -0.1) is 0 Å². The van der Waals surface area contributed by atoms with E-state index in [-0.39, 0.29) is 17.2 Å². The standard InChI is InChI=1S/C26H21FN6O2/c1-15-22-17(14-21(30-25(22)35-31-15)16-8-3-4-9-18(16)27)26(34)33-13-7-12-32(2)23-24(33)29-20-11-6-5-10-19(20)28-23/h3-6,8-11,14H,7,12-13H2,1-2H3. The fourth-order valence-electron chi connectivity index (χ4n) is 4.51. The quantitative estimate of drug-likeness (QED) is 0.369. The van der Waals surface area contributed by atoms with Crippen LogP contribution < -0.4 is 9.80 Å². The number of hydrogen-bond donors (Lipinski definition) is 0. The third-order valence-electron chi connectivity index (χ3n) is 6.27. The van der Waals surface area contributed by atoms with Gasteiger partial charge in [-0.1, -0.05) is 29.4 Å². The highest BCUT2D eigenvalue weighted by atomic mass is 19.1. The SMILES string of the molecule is Cc1noc2nc(-c3ccccc3F)cc(C(=O)N3CCCN(C)c4nc5ccccc5nc43)c12. The van der Waals surface area contributed by atoms with Crippen molar-refractivity contribution in [2.45, 2.75) is 13.3 Å². The number of amides is 1. The zero-order valence-electron chi connectivity index (χ0n) is 19.2. The van der Waals surface area contributed by atoms with Crippen LogP contribution in [0.5, 0.6) is 0 Å². The number of aromatic nitrogens is 4. The first-order valence-corrected chi connectivity index (χ1v) is 11.3. The van der Waals surface area contributed by atoms with Gasteiger partial charge in [0.05, 0.1) is 33.4 Å². The molecule has 0 N–H and O–H groups in total. The zero-order chi connectivity index (χ0) is 24.1. The Labute approximate surface area is 200 Å². The number of hydrogen-bond acceptors (Lipinski definition) is 7. The van der Waals surface area contributed by atoms with E-state index < -0.39 is 5.82 Å². The van der Waals surface area contributed by atoms with Crippen LogP contribution in [0.4, 0.5) is 16.0 Å². The Balaban J connectivity index is 1.55. The van der Waals surface area contributed by atoms with Gasteiger partial charge in [0.25, 0.3) is 11.6 Å². The van der Waals surface area contributed by atoms with Gasteiger partial charge in [-0.2, -0.15) is 0 Å². The molecule has 0 radical (unpaired) electrons. The third kappa shape index (κ3) is 3.47. The number of para-hydroxylation sites is 2. The molecular formula is C26H21FN6O2. The fraction of sp³-hybridized carbons (Fsp3) is 0.192. The van der Waals surface area contributed by atoms with E-state index in [4.69, 9.17) is 14.5 Å². The van der Waals surface area contributed by atoms with E-state index in [2.05, 4.69) is 10.1 Å². The first-order valence-electron chi connectivity index (χ1n) is 11.3. The number of halogens is 1. The number of nitrogens with zero attached hydrogens (tertiary/aromatic N) is 6. The van der Waals surface area contributed by atoms with Crippen molar-refractivity contribution in [2.75, 3.05) is 29.9 Å². The lowest BCUT2D eigenvalue weighted by atomic mass is 10.0. The molecule has 9 heteroatoms. The summed E-state index contributed by atoms with van der Waals surface area (Å²) in [5.74, 6) is 0.395. The number of fused-ring (bicyclic) bond motifs is 3. The monoisotopic (exact) mass is 468 g/mol. The molecule has 0 fully saturated rings. The van der Waals surface area contributed by atoms with Crippen molar-refractivity contribution >= 4 is 39.7 Å². The van der Waals surface area contributed by atoms with Gasteiger partial charge in [0.1, 0.15) is 5.82 Å². The smallest absolute Gasteiger partial charge is 0.260 e. The van der Waals surface area contributed by atoms with Gasteiger partial charge in [-0.3, -0.25) is 9.69 Å². The largest absolute Gasteiger partial charge is 0.357 e. The molecule has 1 aliphatic rings. The summed E-state index contributed by atoms with van der Waals surface area (Å²) in [6.45, 7) is 2.93. The molecular weight excluding hydrogens is 447 g/mol. The molecule has 6 rings (SSSR count). The summed E-state index contributed by atoms with van der Waals surface area (Å²) in [6, 6.07) is 15.5. The minimum absolute atomic E-state index is 0.184. The summed E-state index contributed by atoms with van der Waals surface area (Å²) in [7, 11) is 1.95. The average molecular weight is 468 g/mol. The second-order valence-electron chi connectivity index (χ2n) is 8.57. The maximum atomic E-state index is 14.6. The average Bonchev–Trinajstić information content (AvgIpc) is 3.17. The van der Waals surface area contributed by atoms with Crippen molar-refractivity contribution < 1.29 is 13.7 Å². The minimum atomic E-state index is -0.437. The summed E-state index contributed by atoms with van der Waals surface area (Å²) in [5, 5.41) is 4.52. The molecule has 5 aromatic rings. The second-order valence-corrected chi connectivity index (χ2v) is 8.57. The molecule has 0 saturated heterocycles. The van der Waals surface area contributed by atoms with E-state index in [1.807, 2.05) is 36.2 Å². The van der Waals surface area contributed by atoms with Gasteiger partial charge >= 0.3 is 0 Å². The van der Waals surface area contributed by atoms with Crippen LogP contribution in [-0.2, 0) is 0 Å². The normalized spacial score (nSPS) is 13.8. The topological polar surface area (TPSA) is 88.3 Å². The van der Waals surface area contributed by atoms with Crippen LogP contribution in [0.3, 0.4) is 0 Å². The summed E-state index contributed by atoms with van der Waals surface area (Å²) < 4.78 is 20.0. The predicted octanol–water partition coefficient (Wildman–Crippen LogP) is 4.77. The van der Waals surface area contributed by atoms with Gasteiger partial charge < -0.3 is 9.42 Å². The number of carbonyl (C=O) groups excluding carboxylic acids is 1. The van der Waals surface area contributed by atoms with E-state index >= 15 is 0 Å². The molecule has 0 aliphatic carbocycles. The Hall–Kier alpha value is -4.40. The van der Waals surface area contributed by atoms with Crippen LogP contribution in [0.2, 0.25) is 0 Å². The van der Waals surface area contributed by atoms with Gasteiger partial charge in [0.2, 0.25) is 0 Å². The predicted molar refractivity (Wildman–Crippen MR) is 131 cm³/mol. The van der Waals surface area contributed by atoms with E-state index in [1.165, 1.54) is 6.07 Å². The molecule has 0 saturated carbocycles. The molecule has 1 aliphatic heterocycles. The number of carbonyl (C=O) groups is 1. The highest BCUT2D eigenvalue weighted by molar-refractivity contribution is 6.15. The van der Waals surface area contributed by atoms with Gasteiger partial charge in [0, 0.05) is 25.7 Å². The van der Waals surface area contributed by atoms with Crippen LogP contribution in [0.25, 0.3) is 33.4 Å². The molecule has 174 valence electrons. The van der Waals surface area contributed by atoms with Crippen LogP contribution in [0.1, 0.15) is 22.5 Å². The van der Waals surface area contributed by atoms with Crippen LogP contribution in [0, 0.1) is 12.7 Å². The summed E-state index contributed by atoms with van der Waals surface area (Å²) in [6.07, 6.45) is 0.730. The molecule has 0 spiro atoms. The first kappa shape index (κ1) is 21.2. The van der Waals surface area contributed by atoms with E-state index in [9.17, 15) is 9.18 Å². The van der Waals surface area contributed by atoms with E-state index in [1.54, 1.807) is 36.1 Å². The molecule has 4 heterocycles. The van der Waals surface area contributed by atoms with Crippen LogP contribution >= 0.6 is 0 Å². The maximum Gasteiger partial charge on any atom is 0.260 e. The fourth-order valence-corrected chi connectivity index (χ4v) is 4.51.